The van der Waals surface area contributed by atoms with Crippen LogP contribution >= 0.6 is 0 Å². The highest BCUT2D eigenvalue weighted by atomic mass is 16.2. The Morgan fingerprint density at radius 3 is 2.74 bits per heavy atom. The Morgan fingerprint density at radius 1 is 1.32 bits per heavy atom. The Hall–Kier alpha value is -1.35. The van der Waals surface area contributed by atoms with Crippen molar-refractivity contribution in [2.45, 2.75) is 51.1 Å². The third-order valence-electron chi connectivity index (χ3n) is 4.48. The summed E-state index contributed by atoms with van der Waals surface area (Å²) in [5.74, 6) is 0.765. The second-order valence-corrected chi connectivity index (χ2v) is 6.12. The van der Waals surface area contributed by atoms with Crippen LogP contribution in [0.3, 0.4) is 0 Å². The van der Waals surface area contributed by atoms with Gasteiger partial charge in [0.1, 0.15) is 0 Å². The van der Waals surface area contributed by atoms with Crippen LogP contribution in [0.25, 0.3) is 0 Å². The smallest absolute Gasteiger partial charge is 0.229 e. The molecule has 0 spiro atoms. The van der Waals surface area contributed by atoms with E-state index in [0.29, 0.717) is 18.0 Å². The van der Waals surface area contributed by atoms with Crippen molar-refractivity contribution in [3.63, 3.8) is 0 Å². The number of hydrogen-bond acceptors (Lipinski definition) is 2. The highest BCUT2D eigenvalue weighted by Gasteiger charge is 2.42. The van der Waals surface area contributed by atoms with Gasteiger partial charge in [0.05, 0.1) is 5.92 Å². The molecule has 2 heterocycles. The minimum Gasteiger partial charge on any atom is -0.326 e. The lowest BCUT2D eigenvalue weighted by atomic mass is 9.88. The monoisotopic (exact) mass is 258 g/mol. The predicted octanol–water partition coefficient (Wildman–Crippen LogP) is 2.89. The van der Waals surface area contributed by atoms with Gasteiger partial charge in [0.15, 0.2) is 0 Å². The zero-order chi connectivity index (χ0) is 13.4. The van der Waals surface area contributed by atoms with Crippen molar-refractivity contribution in [1.82, 2.24) is 5.32 Å². The summed E-state index contributed by atoms with van der Waals surface area (Å²) in [6, 6.07) is 9.09. The molecule has 3 atom stereocenters. The number of hydrogen-bond donors (Lipinski definition) is 2. The molecule has 0 radical (unpaired) electrons. The SMILES string of the molecule is CC(C)c1ccccc1NC(=O)C1CC2CCC1N2. The van der Waals surface area contributed by atoms with Crippen LogP contribution in [0.15, 0.2) is 24.3 Å². The molecule has 2 saturated heterocycles. The van der Waals surface area contributed by atoms with Gasteiger partial charge in [0.25, 0.3) is 0 Å². The molecule has 2 N–H and O–H groups in total. The molecule has 1 amide bonds. The van der Waals surface area contributed by atoms with Gasteiger partial charge in [0.2, 0.25) is 5.91 Å². The molecular weight excluding hydrogens is 236 g/mol. The number of benzene rings is 1. The lowest BCUT2D eigenvalue weighted by molar-refractivity contribution is -0.120. The van der Waals surface area contributed by atoms with Crippen LogP contribution in [-0.4, -0.2) is 18.0 Å². The summed E-state index contributed by atoms with van der Waals surface area (Å²) in [5.41, 5.74) is 2.19. The van der Waals surface area contributed by atoms with Crippen molar-refractivity contribution in [1.29, 1.82) is 0 Å². The van der Waals surface area contributed by atoms with Crippen molar-refractivity contribution in [3.05, 3.63) is 29.8 Å². The molecular formula is C16H22N2O. The molecule has 1 aromatic rings. The molecule has 3 nitrogen and oxygen atoms in total. The second-order valence-electron chi connectivity index (χ2n) is 6.12. The van der Waals surface area contributed by atoms with Gasteiger partial charge in [-0.2, -0.15) is 0 Å². The van der Waals surface area contributed by atoms with Crippen molar-refractivity contribution in [2.75, 3.05) is 5.32 Å². The van der Waals surface area contributed by atoms with Crippen LogP contribution in [0.2, 0.25) is 0 Å². The average molecular weight is 258 g/mol. The van der Waals surface area contributed by atoms with Crippen LogP contribution in [0.5, 0.6) is 0 Å². The summed E-state index contributed by atoms with van der Waals surface area (Å²) in [6.07, 6.45) is 3.38. The molecule has 0 saturated carbocycles. The maximum atomic E-state index is 12.4. The zero-order valence-corrected chi connectivity index (χ0v) is 11.6. The first-order valence-corrected chi connectivity index (χ1v) is 7.31. The van der Waals surface area contributed by atoms with Crippen LogP contribution in [-0.2, 0) is 4.79 Å². The fourth-order valence-corrected chi connectivity index (χ4v) is 3.45. The summed E-state index contributed by atoms with van der Waals surface area (Å²) in [6.45, 7) is 4.31. The van der Waals surface area contributed by atoms with E-state index in [0.717, 1.165) is 18.5 Å². The lowest BCUT2D eigenvalue weighted by Crippen LogP contribution is -2.33. The first kappa shape index (κ1) is 12.7. The van der Waals surface area contributed by atoms with Gasteiger partial charge in [-0.25, -0.2) is 0 Å². The topological polar surface area (TPSA) is 41.1 Å². The maximum absolute atomic E-state index is 12.4. The normalized spacial score (nSPS) is 28.9. The largest absolute Gasteiger partial charge is 0.326 e. The molecule has 102 valence electrons. The summed E-state index contributed by atoms with van der Waals surface area (Å²) in [4.78, 5) is 12.4. The Kier molecular flexibility index (Phi) is 3.31. The number of carbonyl (C=O) groups is 1. The third-order valence-corrected chi connectivity index (χ3v) is 4.48. The van der Waals surface area contributed by atoms with Crippen LogP contribution in [0.4, 0.5) is 5.69 Å². The van der Waals surface area contributed by atoms with E-state index in [-0.39, 0.29) is 11.8 Å². The summed E-state index contributed by atoms with van der Waals surface area (Å²) < 4.78 is 0. The minimum absolute atomic E-state index is 0.152. The van der Waals surface area contributed by atoms with E-state index in [1.54, 1.807) is 0 Å². The quantitative estimate of drug-likeness (QED) is 0.875. The van der Waals surface area contributed by atoms with E-state index >= 15 is 0 Å². The zero-order valence-electron chi connectivity index (χ0n) is 11.6. The number of rotatable bonds is 3. The number of fused-ring (bicyclic) bond motifs is 2. The Bertz CT molecular complexity index is 483. The Balaban J connectivity index is 1.73. The number of amides is 1. The van der Waals surface area contributed by atoms with E-state index in [1.165, 1.54) is 12.0 Å². The first-order valence-electron chi connectivity index (χ1n) is 7.31. The molecule has 3 heteroatoms. The van der Waals surface area contributed by atoms with Crippen LogP contribution in [0, 0.1) is 5.92 Å². The molecule has 2 fully saturated rings. The minimum atomic E-state index is 0.152. The van der Waals surface area contributed by atoms with E-state index in [4.69, 9.17) is 0 Å². The van der Waals surface area contributed by atoms with Gasteiger partial charge in [-0.1, -0.05) is 32.0 Å². The average Bonchev–Trinajstić information content (AvgIpc) is 3.01. The molecule has 0 aromatic heterocycles. The van der Waals surface area contributed by atoms with Crippen LogP contribution < -0.4 is 10.6 Å². The molecule has 2 aliphatic heterocycles. The summed E-state index contributed by atoms with van der Waals surface area (Å²) in [7, 11) is 0. The van der Waals surface area contributed by atoms with Gasteiger partial charge < -0.3 is 10.6 Å². The van der Waals surface area contributed by atoms with Crippen molar-refractivity contribution in [2.24, 2.45) is 5.92 Å². The number of nitrogens with one attached hydrogen (secondary N) is 2. The molecule has 3 unspecified atom stereocenters. The standard InChI is InChI=1S/C16H22N2O/c1-10(2)12-5-3-4-6-14(12)18-16(19)13-9-11-7-8-15(13)17-11/h3-6,10-11,13,15,17H,7-9H2,1-2H3,(H,18,19). The maximum Gasteiger partial charge on any atom is 0.229 e. The van der Waals surface area contributed by atoms with Crippen LogP contribution in [0.1, 0.15) is 44.6 Å². The van der Waals surface area contributed by atoms with E-state index in [2.05, 4.69) is 30.5 Å². The van der Waals surface area contributed by atoms with E-state index in [1.807, 2.05) is 18.2 Å². The van der Waals surface area contributed by atoms with Gasteiger partial charge in [0, 0.05) is 17.8 Å². The van der Waals surface area contributed by atoms with Gasteiger partial charge in [-0.3, -0.25) is 4.79 Å². The first-order chi connectivity index (χ1) is 9.15. The Morgan fingerprint density at radius 2 is 2.11 bits per heavy atom. The van der Waals surface area contributed by atoms with Crippen molar-refractivity contribution >= 4 is 11.6 Å². The van der Waals surface area contributed by atoms with Gasteiger partial charge >= 0.3 is 0 Å². The lowest BCUT2D eigenvalue weighted by Gasteiger charge is -2.21. The molecule has 0 aliphatic carbocycles. The number of para-hydroxylation sites is 1. The Labute approximate surface area is 114 Å². The van der Waals surface area contributed by atoms with Crippen molar-refractivity contribution < 1.29 is 4.79 Å². The highest BCUT2D eigenvalue weighted by Crippen LogP contribution is 2.34. The van der Waals surface area contributed by atoms with Gasteiger partial charge in [-0.05, 0) is 36.8 Å². The molecule has 3 rings (SSSR count). The molecule has 1 aromatic carbocycles. The fourth-order valence-electron chi connectivity index (χ4n) is 3.45. The van der Waals surface area contributed by atoms with E-state index < -0.39 is 0 Å². The summed E-state index contributed by atoms with van der Waals surface area (Å²) >= 11 is 0. The van der Waals surface area contributed by atoms with Gasteiger partial charge in [-0.15, -0.1) is 0 Å². The molecule has 19 heavy (non-hydrogen) atoms. The predicted molar refractivity (Wildman–Crippen MR) is 77.2 cm³/mol. The number of anilines is 1. The highest BCUT2D eigenvalue weighted by molar-refractivity contribution is 5.94. The third kappa shape index (κ3) is 2.39. The molecule has 2 bridgehead atoms. The number of carbonyl (C=O) groups excluding carboxylic acids is 1. The fraction of sp³-hybridized carbons (Fsp3) is 0.562. The summed E-state index contributed by atoms with van der Waals surface area (Å²) in [5, 5.41) is 6.66. The molecule has 2 aliphatic rings. The second kappa shape index (κ2) is 4.97. The van der Waals surface area contributed by atoms with E-state index in [9.17, 15) is 4.79 Å². The van der Waals surface area contributed by atoms with Crippen molar-refractivity contribution in [3.8, 4) is 0 Å².